The summed E-state index contributed by atoms with van der Waals surface area (Å²) in [5.41, 5.74) is 4.49. The molecule has 1 heterocycles. The van der Waals surface area contributed by atoms with Crippen LogP contribution in [0.3, 0.4) is 0 Å². The Labute approximate surface area is 153 Å². The Morgan fingerprint density at radius 2 is 1.96 bits per heavy atom. The minimum absolute atomic E-state index is 0.00452. The molecule has 1 aliphatic carbocycles. The molecule has 1 amide bonds. The van der Waals surface area contributed by atoms with E-state index in [9.17, 15) is 4.79 Å². The normalized spacial score (nSPS) is 21.1. The van der Waals surface area contributed by atoms with Crippen LogP contribution in [-0.2, 0) is 11.8 Å². The van der Waals surface area contributed by atoms with E-state index in [1.165, 1.54) is 11.1 Å². The number of nitrogens with one attached hydrogen (secondary N) is 2. The molecule has 0 radical (unpaired) electrons. The third-order valence-corrected chi connectivity index (χ3v) is 6.11. The number of carbonyl (C=O) groups excluding carboxylic acids is 1. The number of hydrogen-bond donors (Lipinski definition) is 2. The van der Waals surface area contributed by atoms with Crippen molar-refractivity contribution in [2.75, 3.05) is 13.1 Å². The third-order valence-electron chi connectivity index (χ3n) is 5.88. The number of hydrogen-bond acceptors (Lipinski definition) is 2. The molecule has 1 fully saturated rings. The van der Waals surface area contributed by atoms with Gasteiger partial charge in [0.05, 0.1) is 0 Å². The van der Waals surface area contributed by atoms with E-state index < -0.39 is 0 Å². The van der Waals surface area contributed by atoms with Crippen molar-refractivity contribution < 1.29 is 4.79 Å². The monoisotopic (exact) mass is 354 g/mol. The Balaban J connectivity index is 1.64. The van der Waals surface area contributed by atoms with Gasteiger partial charge in [-0.15, -0.1) is 0 Å². The summed E-state index contributed by atoms with van der Waals surface area (Å²) < 4.78 is 0. The van der Waals surface area contributed by atoms with Gasteiger partial charge in [-0.1, -0.05) is 35.9 Å². The van der Waals surface area contributed by atoms with Crippen LogP contribution in [0, 0.1) is 6.92 Å². The number of halogens is 1. The lowest BCUT2D eigenvalue weighted by atomic mass is 9.71. The smallest absolute Gasteiger partial charge is 0.251 e. The van der Waals surface area contributed by atoms with Gasteiger partial charge in [-0.05, 0) is 74.2 Å². The highest BCUT2D eigenvalue weighted by Gasteiger charge is 2.47. The standard InChI is InChI=1S/C21H23ClN2O/c1-14-12-16(22)6-7-17(14)20(25)24-19-13-15-4-2-3-5-18(15)21(19)8-10-23-11-9-21/h2-7,12,19,23H,8-11,13H2,1H3,(H,24,25). The van der Waals surface area contributed by atoms with Crippen molar-refractivity contribution in [3.8, 4) is 0 Å². The van der Waals surface area contributed by atoms with Crippen LogP contribution in [-0.4, -0.2) is 25.0 Å². The van der Waals surface area contributed by atoms with Crippen molar-refractivity contribution >= 4 is 17.5 Å². The molecule has 130 valence electrons. The largest absolute Gasteiger partial charge is 0.348 e. The molecule has 1 spiro atoms. The lowest BCUT2D eigenvalue weighted by Crippen LogP contribution is -2.53. The van der Waals surface area contributed by atoms with Crippen LogP contribution >= 0.6 is 11.6 Å². The van der Waals surface area contributed by atoms with Crippen molar-refractivity contribution in [3.05, 3.63) is 69.7 Å². The molecule has 2 aromatic carbocycles. The van der Waals surface area contributed by atoms with Crippen LogP contribution in [0.2, 0.25) is 5.02 Å². The number of rotatable bonds is 2. The zero-order valence-corrected chi connectivity index (χ0v) is 15.2. The van der Waals surface area contributed by atoms with E-state index in [1.807, 2.05) is 19.1 Å². The summed E-state index contributed by atoms with van der Waals surface area (Å²) in [7, 11) is 0. The molecule has 0 bridgehead atoms. The fourth-order valence-corrected chi connectivity index (χ4v) is 4.81. The fourth-order valence-electron chi connectivity index (χ4n) is 4.58. The molecular weight excluding hydrogens is 332 g/mol. The van der Waals surface area contributed by atoms with Gasteiger partial charge in [-0.25, -0.2) is 0 Å². The highest BCUT2D eigenvalue weighted by atomic mass is 35.5. The first-order valence-corrected chi connectivity index (χ1v) is 9.34. The molecule has 0 saturated carbocycles. The Hall–Kier alpha value is -1.84. The Bertz CT molecular complexity index is 811. The lowest BCUT2D eigenvalue weighted by Gasteiger charge is -2.40. The fraction of sp³-hybridized carbons (Fsp3) is 0.381. The number of piperidine rings is 1. The van der Waals surface area contributed by atoms with Gasteiger partial charge in [0, 0.05) is 22.0 Å². The third kappa shape index (κ3) is 2.86. The summed E-state index contributed by atoms with van der Waals surface area (Å²) in [6, 6.07) is 14.3. The SMILES string of the molecule is Cc1cc(Cl)ccc1C(=O)NC1Cc2ccccc2C12CCNCC2. The number of aryl methyl sites for hydroxylation is 1. The number of benzene rings is 2. The van der Waals surface area contributed by atoms with Gasteiger partial charge in [0.2, 0.25) is 0 Å². The predicted octanol–water partition coefficient (Wildman–Crippen LogP) is 3.62. The van der Waals surface area contributed by atoms with E-state index in [4.69, 9.17) is 11.6 Å². The maximum atomic E-state index is 12.9. The molecule has 2 N–H and O–H groups in total. The number of amides is 1. The molecule has 2 aliphatic rings. The first-order chi connectivity index (χ1) is 12.1. The average Bonchev–Trinajstić information content (AvgIpc) is 2.89. The van der Waals surface area contributed by atoms with Gasteiger partial charge in [-0.2, -0.15) is 0 Å². The molecule has 1 saturated heterocycles. The van der Waals surface area contributed by atoms with Crippen molar-refractivity contribution in [3.63, 3.8) is 0 Å². The van der Waals surface area contributed by atoms with Crippen molar-refractivity contribution in [1.29, 1.82) is 0 Å². The molecule has 2 aromatic rings. The molecule has 1 atom stereocenters. The molecule has 0 aromatic heterocycles. The maximum Gasteiger partial charge on any atom is 0.251 e. The van der Waals surface area contributed by atoms with Crippen LogP contribution in [0.25, 0.3) is 0 Å². The van der Waals surface area contributed by atoms with Crippen molar-refractivity contribution in [1.82, 2.24) is 10.6 Å². The topological polar surface area (TPSA) is 41.1 Å². The number of fused-ring (bicyclic) bond motifs is 2. The molecule has 1 aliphatic heterocycles. The van der Waals surface area contributed by atoms with E-state index in [2.05, 4.69) is 34.9 Å². The van der Waals surface area contributed by atoms with E-state index >= 15 is 0 Å². The van der Waals surface area contributed by atoms with Crippen LogP contribution < -0.4 is 10.6 Å². The second kappa shape index (κ2) is 6.47. The van der Waals surface area contributed by atoms with E-state index in [-0.39, 0.29) is 17.4 Å². The summed E-state index contributed by atoms with van der Waals surface area (Å²) in [5, 5.41) is 7.48. The number of carbonyl (C=O) groups is 1. The van der Waals surface area contributed by atoms with Gasteiger partial charge >= 0.3 is 0 Å². The average molecular weight is 355 g/mol. The zero-order valence-electron chi connectivity index (χ0n) is 14.4. The predicted molar refractivity (Wildman–Crippen MR) is 101 cm³/mol. The van der Waals surface area contributed by atoms with Crippen LogP contribution in [0.1, 0.15) is 39.9 Å². The van der Waals surface area contributed by atoms with Gasteiger partial charge in [0.1, 0.15) is 0 Å². The molecule has 3 nitrogen and oxygen atoms in total. The Kier molecular flexibility index (Phi) is 4.30. The first-order valence-electron chi connectivity index (χ1n) is 8.96. The van der Waals surface area contributed by atoms with E-state index in [1.54, 1.807) is 6.07 Å². The molecular formula is C21H23ClN2O. The zero-order chi connectivity index (χ0) is 17.4. The molecule has 4 rings (SSSR count). The van der Waals surface area contributed by atoms with Crippen LogP contribution in [0.5, 0.6) is 0 Å². The Morgan fingerprint density at radius 3 is 2.72 bits per heavy atom. The van der Waals surface area contributed by atoms with Crippen molar-refractivity contribution in [2.24, 2.45) is 0 Å². The molecule has 1 unspecified atom stereocenters. The molecule has 25 heavy (non-hydrogen) atoms. The van der Waals surface area contributed by atoms with Crippen molar-refractivity contribution in [2.45, 2.75) is 37.6 Å². The quantitative estimate of drug-likeness (QED) is 0.864. The van der Waals surface area contributed by atoms with Gasteiger partial charge < -0.3 is 10.6 Å². The maximum absolute atomic E-state index is 12.9. The highest BCUT2D eigenvalue weighted by Crippen LogP contribution is 2.45. The summed E-state index contributed by atoms with van der Waals surface area (Å²) in [4.78, 5) is 12.9. The van der Waals surface area contributed by atoms with E-state index in [0.29, 0.717) is 10.6 Å². The van der Waals surface area contributed by atoms with Gasteiger partial charge in [0.15, 0.2) is 0 Å². The van der Waals surface area contributed by atoms with Crippen LogP contribution in [0.15, 0.2) is 42.5 Å². The summed E-state index contributed by atoms with van der Waals surface area (Å²) in [6.45, 7) is 3.94. The van der Waals surface area contributed by atoms with E-state index in [0.717, 1.165) is 37.9 Å². The summed E-state index contributed by atoms with van der Waals surface area (Å²) >= 11 is 6.03. The second-order valence-corrected chi connectivity index (χ2v) is 7.69. The van der Waals surface area contributed by atoms with Crippen LogP contribution in [0.4, 0.5) is 0 Å². The van der Waals surface area contributed by atoms with Gasteiger partial charge in [-0.3, -0.25) is 4.79 Å². The second-order valence-electron chi connectivity index (χ2n) is 7.25. The van der Waals surface area contributed by atoms with Gasteiger partial charge in [0.25, 0.3) is 5.91 Å². The minimum atomic E-state index is 0.00452. The Morgan fingerprint density at radius 1 is 1.20 bits per heavy atom. The summed E-state index contributed by atoms with van der Waals surface area (Å²) in [5.74, 6) is 0.00452. The molecule has 4 heteroatoms. The summed E-state index contributed by atoms with van der Waals surface area (Å²) in [6.07, 6.45) is 3.04. The highest BCUT2D eigenvalue weighted by molar-refractivity contribution is 6.30. The minimum Gasteiger partial charge on any atom is -0.348 e. The lowest BCUT2D eigenvalue weighted by molar-refractivity contribution is 0.0906. The first kappa shape index (κ1) is 16.6.